The number of piperidine rings is 2. The Morgan fingerprint density at radius 1 is 0.896 bits per heavy atom. The van der Waals surface area contributed by atoms with E-state index in [2.05, 4.69) is 62.0 Å². The van der Waals surface area contributed by atoms with Gasteiger partial charge >= 0.3 is 11.9 Å². The van der Waals surface area contributed by atoms with E-state index in [4.69, 9.17) is 10.5 Å². The number of hydrogen-bond acceptors (Lipinski definition) is 10. The van der Waals surface area contributed by atoms with Gasteiger partial charge in [0.2, 0.25) is 0 Å². The highest BCUT2D eigenvalue weighted by Gasteiger charge is 2.21. The van der Waals surface area contributed by atoms with Gasteiger partial charge in [0, 0.05) is 21.1 Å². The third kappa shape index (κ3) is 11.2. The van der Waals surface area contributed by atoms with Gasteiger partial charge in [-0.3, -0.25) is 0 Å². The molecule has 48 heavy (non-hydrogen) atoms. The number of esters is 2. The predicted octanol–water partition coefficient (Wildman–Crippen LogP) is 8.35. The quantitative estimate of drug-likeness (QED) is 0.190. The number of thiophene rings is 2. The number of benzene rings is 2. The van der Waals surface area contributed by atoms with Crippen LogP contribution >= 0.6 is 38.6 Å². The lowest BCUT2D eigenvalue weighted by Gasteiger charge is -2.29. The Balaban J connectivity index is 0.000000188. The van der Waals surface area contributed by atoms with E-state index in [9.17, 15) is 9.59 Å². The van der Waals surface area contributed by atoms with Crippen molar-refractivity contribution in [2.24, 2.45) is 17.6 Å². The summed E-state index contributed by atoms with van der Waals surface area (Å²) < 4.78 is 13.4. The molecule has 0 bridgehead atoms. The van der Waals surface area contributed by atoms with Crippen molar-refractivity contribution in [2.45, 2.75) is 52.1 Å². The van der Waals surface area contributed by atoms with Crippen molar-refractivity contribution in [1.29, 1.82) is 0 Å². The summed E-state index contributed by atoms with van der Waals surface area (Å²) in [6, 6.07) is 15.9. The van der Waals surface area contributed by atoms with E-state index in [1.807, 2.05) is 57.2 Å². The number of anilines is 1. The number of carbonyl (C=O) groups excluding carboxylic acids is 2. The zero-order chi connectivity index (χ0) is 34.8. The molecule has 0 unspecified atom stereocenters. The van der Waals surface area contributed by atoms with Gasteiger partial charge < -0.3 is 30.3 Å². The Bertz CT molecular complexity index is 1630. The summed E-state index contributed by atoms with van der Waals surface area (Å²) in [4.78, 5) is 29.7. The van der Waals surface area contributed by atoms with Crippen molar-refractivity contribution in [3.05, 3.63) is 62.8 Å². The van der Waals surface area contributed by atoms with Crippen LogP contribution in [0, 0.1) is 11.8 Å². The van der Waals surface area contributed by atoms with Crippen LogP contribution in [0.1, 0.15) is 65.8 Å². The standard InChI is InChI=1S/C20H28N2O2S.C10H7BrO2S.C7H16N2/c1-20(2,3)24-19(23)17-12-15-6-5-7-16(18(15)25-17)21-13-14-8-10-22(4)11-9-14;1-13-10(12)9-5-6-7(11)3-2-4-8(6)14-9;1-9-4-2-7(6-8)3-5-9/h5-7,12,14,21H,8-11,13H2,1-4H3;2-5H,1H3;7H,2-6,8H2,1H3. The first kappa shape index (κ1) is 38.3. The van der Waals surface area contributed by atoms with E-state index >= 15 is 0 Å². The van der Waals surface area contributed by atoms with Crippen molar-refractivity contribution >= 4 is 76.4 Å². The van der Waals surface area contributed by atoms with Gasteiger partial charge in [-0.25, -0.2) is 9.59 Å². The van der Waals surface area contributed by atoms with E-state index in [0.717, 1.165) is 55.3 Å². The molecular formula is C37H51BrN4O4S2. The first-order chi connectivity index (χ1) is 22.9. The number of ether oxygens (including phenoxy) is 2. The van der Waals surface area contributed by atoms with Gasteiger partial charge in [-0.15, -0.1) is 22.7 Å². The average Bonchev–Trinajstić information content (AvgIpc) is 3.71. The number of carbonyl (C=O) groups is 2. The summed E-state index contributed by atoms with van der Waals surface area (Å²) in [7, 11) is 5.75. The lowest BCUT2D eigenvalue weighted by Crippen LogP contribution is -2.33. The summed E-state index contributed by atoms with van der Waals surface area (Å²) in [6.07, 6.45) is 5.08. The normalized spacial score (nSPS) is 16.5. The van der Waals surface area contributed by atoms with Crippen LogP contribution in [0.4, 0.5) is 5.69 Å². The fraction of sp³-hybridized carbons (Fsp3) is 0.514. The van der Waals surface area contributed by atoms with Crippen molar-refractivity contribution in [2.75, 3.05) is 65.8 Å². The molecule has 0 amide bonds. The van der Waals surface area contributed by atoms with Crippen LogP contribution in [0.5, 0.6) is 0 Å². The first-order valence-electron chi connectivity index (χ1n) is 16.7. The van der Waals surface area contributed by atoms with Crippen molar-refractivity contribution < 1.29 is 19.1 Å². The molecule has 2 aromatic heterocycles. The smallest absolute Gasteiger partial charge is 0.348 e. The number of fused-ring (bicyclic) bond motifs is 2. The number of hydrogen-bond donors (Lipinski definition) is 2. The minimum absolute atomic E-state index is 0.241. The molecule has 0 aliphatic carbocycles. The largest absolute Gasteiger partial charge is 0.465 e. The van der Waals surface area contributed by atoms with Gasteiger partial charge in [0.1, 0.15) is 15.4 Å². The predicted molar refractivity (Wildman–Crippen MR) is 206 cm³/mol. The van der Waals surface area contributed by atoms with Gasteiger partial charge in [0.25, 0.3) is 0 Å². The molecule has 4 aromatic rings. The van der Waals surface area contributed by atoms with Gasteiger partial charge in [-0.05, 0) is 141 Å². The number of likely N-dealkylation sites (tertiary alicyclic amines) is 2. The van der Waals surface area contributed by atoms with Crippen LogP contribution in [0.15, 0.2) is 53.0 Å². The minimum atomic E-state index is -0.470. The number of methoxy groups -OCH3 is 1. The second kappa shape index (κ2) is 17.9. The highest BCUT2D eigenvalue weighted by molar-refractivity contribution is 9.10. The summed E-state index contributed by atoms with van der Waals surface area (Å²) in [5.74, 6) is 1.01. The minimum Gasteiger partial charge on any atom is -0.465 e. The zero-order valence-corrected chi connectivity index (χ0v) is 32.4. The van der Waals surface area contributed by atoms with Crippen LogP contribution in [-0.4, -0.2) is 87.8 Å². The maximum absolute atomic E-state index is 12.3. The van der Waals surface area contributed by atoms with Crippen LogP contribution in [0.25, 0.3) is 20.2 Å². The second-order valence-electron chi connectivity index (χ2n) is 13.7. The van der Waals surface area contributed by atoms with Gasteiger partial charge in [0.15, 0.2) is 0 Å². The average molecular weight is 760 g/mol. The Hall–Kier alpha value is -2.54. The third-order valence-electron chi connectivity index (χ3n) is 8.63. The molecule has 2 aromatic carbocycles. The molecule has 0 radical (unpaired) electrons. The Kier molecular flexibility index (Phi) is 14.3. The molecule has 2 aliphatic heterocycles. The lowest BCUT2D eigenvalue weighted by atomic mass is 9.97. The highest BCUT2D eigenvalue weighted by Crippen LogP contribution is 2.34. The van der Waals surface area contributed by atoms with Gasteiger partial charge in [-0.1, -0.05) is 34.1 Å². The maximum atomic E-state index is 12.3. The van der Waals surface area contributed by atoms with Gasteiger partial charge in [0.05, 0.1) is 17.5 Å². The summed E-state index contributed by atoms with van der Waals surface area (Å²) in [5.41, 5.74) is 6.18. The summed E-state index contributed by atoms with van der Waals surface area (Å²) in [5, 5.41) is 5.76. The molecule has 3 N–H and O–H groups in total. The fourth-order valence-electron chi connectivity index (χ4n) is 5.68. The molecule has 0 spiro atoms. The molecule has 8 nitrogen and oxygen atoms in total. The van der Waals surface area contributed by atoms with Gasteiger partial charge in [-0.2, -0.15) is 0 Å². The third-order valence-corrected chi connectivity index (χ3v) is 11.6. The Morgan fingerprint density at radius 2 is 1.50 bits per heavy atom. The van der Waals surface area contributed by atoms with E-state index < -0.39 is 5.60 Å². The summed E-state index contributed by atoms with van der Waals surface area (Å²) >= 11 is 6.39. The highest BCUT2D eigenvalue weighted by atomic mass is 79.9. The molecule has 2 saturated heterocycles. The molecule has 4 heterocycles. The van der Waals surface area contributed by atoms with E-state index in [0.29, 0.717) is 9.75 Å². The molecule has 11 heteroatoms. The number of halogens is 1. The van der Waals surface area contributed by atoms with Crippen LogP contribution in [-0.2, 0) is 9.47 Å². The molecular weight excluding hydrogens is 708 g/mol. The van der Waals surface area contributed by atoms with Crippen molar-refractivity contribution in [3.8, 4) is 0 Å². The van der Waals surface area contributed by atoms with Crippen LogP contribution in [0.3, 0.4) is 0 Å². The molecule has 6 rings (SSSR count). The number of nitrogens with two attached hydrogens (primary N) is 1. The number of nitrogens with one attached hydrogen (secondary N) is 1. The van der Waals surface area contributed by atoms with E-state index in [1.54, 1.807) is 0 Å². The number of nitrogens with zero attached hydrogens (tertiary/aromatic N) is 2. The maximum Gasteiger partial charge on any atom is 0.348 e. The fourth-order valence-corrected chi connectivity index (χ4v) is 8.32. The topological polar surface area (TPSA) is 97.1 Å². The monoisotopic (exact) mass is 758 g/mol. The Morgan fingerprint density at radius 3 is 2.08 bits per heavy atom. The van der Waals surface area contributed by atoms with Crippen molar-refractivity contribution in [1.82, 2.24) is 9.80 Å². The SMILES string of the molecule is CN1CCC(CN)CC1.CN1CCC(CNc2cccc3cc(C(=O)OC(C)(C)C)sc23)CC1.COC(=O)c1cc2c(Br)cccc2s1. The first-order valence-corrected chi connectivity index (χ1v) is 19.1. The number of rotatable bonds is 6. The molecule has 2 aliphatic rings. The van der Waals surface area contributed by atoms with E-state index in [1.165, 1.54) is 81.6 Å². The Labute approximate surface area is 302 Å². The molecule has 262 valence electrons. The zero-order valence-electron chi connectivity index (χ0n) is 29.1. The second-order valence-corrected chi connectivity index (χ2v) is 16.7. The lowest BCUT2D eigenvalue weighted by molar-refractivity contribution is 0.00750. The van der Waals surface area contributed by atoms with Crippen LogP contribution in [0.2, 0.25) is 0 Å². The molecule has 2 fully saturated rings. The van der Waals surface area contributed by atoms with Crippen LogP contribution < -0.4 is 11.1 Å². The van der Waals surface area contributed by atoms with Crippen molar-refractivity contribution in [3.63, 3.8) is 0 Å². The van der Waals surface area contributed by atoms with E-state index in [-0.39, 0.29) is 11.9 Å². The molecule has 0 saturated carbocycles. The molecule has 0 atom stereocenters. The summed E-state index contributed by atoms with van der Waals surface area (Å²) in [6.45, 7) is 12.4.